The Hall–Kier alpha value is -3.30. The van der Waals surface area contributed by atoms with Crippen molar-refractivity contribution in [2.45, 2.75) is 39.0 Å². The molecule has 1 saturated heterocycles. The quantitative estimate of drug-likeness (QED) is 0.512. The van der Waals surface area contributed by atoms with E-state index in [1.807, 2.05) is 35.2 Å². The van der Waals surface area contributed by atoms with Crippen LogP contribution >= 0.6 is 11.3 Å². The maximum absolute atomic E-state index is 12.7. The molecule has 33 heavy (non-hydrogen) atoms. The number of hydrogen-bond acceptors (Lipinski definition) is 6. The molecule has 8 nitrogen and oxygen atoms in total. The van der Waals surface area contributed by atoms with Crippen molar-refractivity contribution >= 4 is 34.6 Å². The normalized spacial score (nSPS) is 14.3. The number of thiophene rings is 1. The number of anilines is 1. The number of aromatic nitrogens is 2. The number of carbonyl (C=O) groups excluding carboxylic acids is 3. The minimum atomic E-state index is -0.309. The van der Waals surface area contributed by atoms with E-state index in [1.165, 1.54) is 17.8 Å². The van der Waals surface area contributed by atoms with Crippen LogP contribution in [0.15, 0.2) is 54.9 Å². The summed E-state index contributed by atoms with van der Waals surface area (Å²) in [6, 6.07) is 13.3. The van der Waals surface area contributed by atoms with Crippen LogP contribution in [0.1, 0.15) is 44.7 Å². The van der Waals surface area contributed by atoms with Gasteiger partial charge in [-0.3, -0.25) is 19.1 Å². The van der Waals surface area contributed by atoms with E-state index in [9.17, 15) is 14.4 Å². The number of nitrogens with one attached hydrogen (secondary N) is 1. The maximum atomic E-state index is 12.7. The molecule has 172 valence electrons. The third-order valence-electron chi connectivity index (χ3n) is 5.49. The molecule has 2 amide bonds. The molecule has 9 heteroatoms. The fraction of sp³-hybridized carbons (Fsp3) is 0.333. The summed E-state index contributed by atoms with van der Waals surface area (Å²) in [6.45, 7) is 3.47. The second-order valence-corrected chi connectivity index (χ2v) is 9.06. The number of ketones is 1. The average molecular weight is 467 g/mol. The van der Waals surface area contributed by atoms with Crippen molar-refractivity contribution in [3.05, 3.63) is 70.2 Å². The van der Waals surface area contributed by atoms with Gasteiger partial charge in [0.25, 0.3) is 5.91 Å². The Bertz CT molecular complexity index is 1120. The molecule has 0 radical (unpaired) electrons. The van der Waals surface area contributed by atoms with Gasteiger partial charge >= 0.3 is 0 Å². The van der Waals surface area contributed by atoms with E-state index in [0.29, 0.717) is 35.1 Å². The van der Waals surface area contributed by atoms with Crippen LogP contribution in [-0.4, -0.2) is 51.5 Å². The number of piperidine rings is 1. The summed E-state index contributed by atoms with van der Waals surface area (Å²) >= 11 is 1.15. The molecule has 1 aliphatic rings. The Morgan fingerprint density at radius 1 is 1.09 bits per heavy atom. The first-order chi connectivity index (χ1) is 16.0. The van der Waals surface area contributed by atoms with Gasteiger partial charge in [0.1, 0.15) is 6.54 Å². The molecular formula is C24H26N4O4S. The molecule has 1 aromatic carbocycles. The molecule has 2 aromatic heterocycles. The van der Waals surface area contributed by atoms with Crippen LogP contribution < -0.4 is 5.32 Å². The Balaban J connectivity index is 1.22. The van der Waals surface area contributed by atoms with Gasteiger partial charge in [-0.1, -0.05) is 30.3 Å². The second kappa shape index (κ2) is 10.5. The van der Waals surface area contributed by atoms with Crippen molar-refractivity contribution in [2.24, 2.45) is 0 Å². The van der Waals surface area contributed by atoms with Crippen LogP contribution in [0.3, 0.4) is 0 Å². The lowest BCUT2D eigenvalue weighted by Gasteiger charge is -2.32. The molecule has 1 aliphatic heterocycles. The van der Waals surface area contributed by atoms with Gasteiger partial charge in [0.2, 0.25) is 5.91 Å². The molecule has 1 N–H and O–H groups in total. The molecule has 0 unspecified atom stereocenters. The van der Waals surface area contributed by atoms with Crippen LogP contribution in [0.4, 0.5) is 5.69 Å². The summed E-state index contributed by atoms with van der Waals surface area (Å²) < 4.78 is 7.51. The lowest BCUT2D eigenvalue weighted by atomic mass is 10.1. The van der Waals surface area contributed by atoms with Crippen LogP contribution in [0.5, 0.6) is 0 Å². The van der Waals surface area contributed by atoms with Crippen molar-refractivity contribution in [1.29, 1.82) is 0 Å². The number of rotatable bonds is 8. The smallest absolute Gasteiger partial charge is 0.265 e. The lowest BCUT2D eigenvalue weighted by Crippen LogP contribution is -2.42. The van der Waals surface area contributed by atoms with Gasteiger partial charge in [0.05, 0.1) is 34.3 Å². The van der Waals surface area contributed by atoms with Gasteiger partial charge in [-0.25, -0.2) is 0 Å². The first kappa shape index (κ1) is 22.9. The Kier molecular flexibility index (Phi) is 7.31. The monoisotopic (exact) mass is 466 g/mol. The fourth-order valence-corrected chi connectivity index (χ4v) is 4.45. The summed E-state index contributed by atoms with van der Waals surface area (Å²) in [4.78, 5) is 39.3. The number of hydrogen-bond donors (Lipinski definition) is 1. The highest BCUT2D eigenvalue weighted by Gasteiger charge is 2.23. The third-order valence-corrected chi connectivity index (χ3v) is 6.67. The van der Waals surface area contributed by atoms with Crippen molar-refractivity contribution in [1.82, 2.24) is 14.7 Å². The molecular weight excluding hydrogens is 440 g/mol. The van der Waals surface area contributed by atoms with E-state index in [1.54, 1.807) is 18.3 Å². The highest BCUT2D eigenvalue weighted by atomic mass is 32.1. The molecule has 0 atom stereocenters. The molecule has 4 rings (SSSR count). The zero-order valence-corrected chi connectivity index (χ0v) is 19.2. The summed E-state index contributed by atoms with van der Waals surface area (Å²) in [5, 5.41) is 6.94. The van der Waals surface area contributed by atoms with Crippen LogP contribution in [0.2, 0.25) is 0 Å². The second-order valence-electron chi connectivity index (χ2n) is 7.98. The molecule has 0 aliphatic carbocycles. The van der Waals surface area contributed by atoms with E-state index >= 15 is 0 Å². The minimum Gasteiger partial charge on any atom is -0.373 e. The van der Waals surface area contributed by atoms with E-state index in [2.05, 4.69) is 10.4 Å². The van der Waals surface area contributed by atoms with Gasteiger partial charge in [-0.05, 0) is 37.5 Å². The predicted molar refractivity (Wildman–Crippen MR) is 125 cm³/mol. The van der Waals surface area contributed by atoms with Gasteiger partial charge in [0, 0.05) is 19.3 Å². The highest BCUT2D eigenvalue weighted by Crippen LogP contribution is 2.19. The van der Waals surface area contributed by atoms with Crippen LogP contribution in [-0.2, 0) is 22.7 Å². The van der Waals surface area contributed by atoms with Crippen LogP contribution in [0, 0.1) is 0 Å². The Labute approximate surface area is 196 Å². The number of amides is 2. The average Bonchev–Trinajstić information content (AvgIpc) is 3.49. The number of carbonyl (C=O) groups is 3. The molecule has 0 spiro atoms. The van der Waals surface area contributed by atoms with E-state index in [0.717, 1.165) is 29.7 Å². The summed E-state index contributed by atoms with van der Waals surface area (Å²) in [7, 11) is 0. The minimum absolute atomic E-state index is 0.0122. The number of benzene rings is 1. The molecule has 1 fully saturated rings. The topological polar surface area (TPSA) is 93.5 Å². The van der Waals surface area contributed by atoms with Gasteiger partial charge in [-0.15, -0.1) is 11.3 Å². The summed E-state index contributed by atoms with van der Waals surface area (Å²) in [6.07, 6.45) is 4.91. The lowest BCUT2D eigenvalue weighted by molar-refractivity contribution is -0.134. The first-order valence-corrected chi connectivity index (χ1v) is 11.7. The molecule has 0 bridgehead atoms. The third kappa shape index (κ3) is 6.15. The van der Waals surface area contributed by atoms with Gasteiger partial charge in [-0.2, -0.15) is 5.10 Å². The van der Waals surface area contributed by atoms with E-state index in [-0.39, 0.29) is 30.2 Å². The molecule has 3 aromatic rings. The van der Waals surface area contributed by atoms with Crippen molar-refractivity contribution in [3.63, 3.8) is 0 Å². The van der Waals surface area contributed by atoms with Crippen molar-refractivity contribution < 1.29 is 19.1 Å². The Morgan fingerprint density at radius 3 is 2.52 bits per heavy atom. The van der Waals surface area contributed by atoms with Crippen LogP contribution in [0.25, 0.3) is 0 Å². The SMILES string of the molecule is CC(=O)c1ccc(C(=O)Nc2cnn(CC(=O)N3CCC(OCc4ccccc4)CC3)c2)s1. The van der Waals surface area contributed by atoms with Gasteiger partial charge < -0.3 is 15.0 Å². The maximum Gasteiger partial charge on any atom is 0.265 e. The zero-order chi connectivity index (χ0) is 23.2. The van der Waals surface area contributed by atoms with Crippen molar-refractivity contribution in [3.8, 4) is 0 Å². The van der Waals surface area contributed by atoms with Gasteiger partial charge in [0.15, 0.2) is 5.78 Å². The Morgan fingerprint density at radius 2 is 1.82 bits per heavy atom. The fourth-order valence-electron chi connectivity index (χ4n) is 3.66. The van der Waals surface area contributed by atoms with E-state index in [4.69, 9.17) is 4.74 Å². The number of Topliss-reactive ketones (excluding diaryl/α,β-unsaturated/α-hetero) is 1. The predicted octanol–water partition coefficient (Wildman–Crippen LogP) is 3.61. The van der Waals surface area contributed by atoms with Crippen molar-refractivity contribution in [2.75, 3.05) is 18.4 Å². The molecule has 0 saturated carbocycles. The highest BCUT2D eigenvalue weighted by molar-refractivity contribution is 7.16. The number of ether oxygens (including phenoxy) is 1. The zero-order valence-electron chi connectivity index (χ0n) is 18.4. The molecule has 3 heterocycles. The largest absolute Gasteiger partial charge is 0.373 e. The van der Waals surface area contributed by atoms with E-state index < -0.39 is 0 Å². The first-order valence-electron chi connectivity index (χ1n) is 10.9. The number of nitrogens with zero attached hydrogens (tertiary/aromatic N) is 3. The number of likely N-dealkylation sites (tertiary alicyclic amines) is 1. The summed E-state index contributed by atoms with van der Waals surface area (Å²) in [5.41, 5.74) is 1.65. The standard InChI is InChI=1S/C24H26N4O4S/c1-17(29)21-7-8-22(33-21)24(31)26-19-13-25-28(14-19)15-23(30)27-11-9-20(10-12-27)32-16-18-5-3-2-4-6-18/h2-8,13-14,20H,9-12,15-16H2,1H3,(H,26,31). The summed E-state index contributed by atoms with van der Waals surface area (Å²) in [5.74, 6) is -0.394.